The maximum Gasteiger partial charge on any atom is 0.315 e. The van der Waals surface area contributed by atoms with E-state index in [-0.39, 0.29) is 12.1 Å². The third-order valence-electron chi connectivity index (χ3n) is 3.14. The Morgan fingerprint density at radius 1 is 1.40 bits per heavy atom. The maximum atomic E-state index is 11.7. The molecule has 0 fully saturated rings. The van der Waals surface area contributed by atoms with Gasteiger partial charge in [0.25, 0.3) is 0 Å². The molecule has 1 aliphatic rings. The van der Waals surface area contributed by atoms with Gasteiger partial charge in [-0.2, -0.15) is 0 Å². The highest BCUT2D eigenvalue weighted by Gasteiger charge is 2.25. The van der Waals surface area contributed by atoms with Gasteiger partial charge in [0.05, 0.1) is 12.0 Å². The number of aliphatic carboxylic acids is 1. The molecule has 1 aliphatic carbocycles. The highest BCUT2D eigenvalue weighted by molar-refractivity contribution is 5.76. The van der Waals surface area contributed by atoms with Crippen molar-refractivity contribution in [3.8, 4) is 0 Å². The lowest BCUT2D eigenvalue weighted by molar-refractivity contribution is -0.140. The van der Waals surface area contributed by atoms with Gasteiger partial charge < -0.3 is 15.7 Å². The van der Waals surface area contributed by atoms with E-state index in [2.05, 4.69) is 15.6 Å². The Balaban J connectivity index is 1.75. The number of aryl methyl sites for hydroxylation is 1. The lowest BCUT2D eigenvalue weighted by atomic mass is 10.1. The SMILES string of the molecule is Cc1ccc(CNC(=O)NC2C=CC(C(=O)O)C2)cn1. The first-order valence-electron chi connectivity index (χ1n) is 6.41. The molecular formula is C14H17N3O3. The molecule has 0 saturated heterocycles. The van der Waals surface area contributed by atoms with Crippen molar-refractivity contribution < 1.29 is 14.7 Å². The zero-order chi connectivity index (χ0) is 14.5. The number of urea groups is 1. The van der Waals surface area contributed by atoms with E-state index in [1.807, 2.05) is 19.1 Å². The predicted octanol–water partition coefficient (Wildman–Crippen LogP) is 1.22. The minimum absolute atomic E-state index is 0.229. The maximum absolute atomic E-state index is 11.7. The molecule has 2 atom stereocenters. The zero-order valence-corrected chi connectivity index (χ0v) is 11.2. The molecule has 6 nitrogen and oxygen atoms in total. The smallest absolute Gasteiger partial charge is 0.315 e. The molecule has 0 spiro atoms. The first-order chi connectivity index (χ1) is 9.54. The van der Waals surface area contributed by atoms with Crippen LogP contribution in [0.3, 0.4) is 0 Å². The molecule has 20 heavy (non-hydrogen) atoms. The highest BCUT2D eigenvalue weighted by atomic mass is 16.4. The standard InChI is InChI=1S/C14H17N3O3/c1-9-2-3-10(7-15-9)8-16-14(20)17-12-5-4-11(6-12)13(18)19/h2-5,7,11-12H,6,8H2,1H3,(H,18,19)(H2,16,17,20). The second kappa shape index (κ2) is 6.18. The molecule has 0 saturated carbocycles. The van der Waals surface area contributed by atoms with Crippen molar-refractivity contribution in [3.63, 3.8) is 0 Å². The fourth-order valence-corrected chi connectivity index (χ4v) is 1.99. The Hall–Kier alpha value is -2.37. The van der Waals surface area contributed by atoms with Crippen LogP contribution in [0.15, 0.2) is 30.5 Å². The van der Waals surface area contributed by atoms with Crippen LogP contribution in [0.1, 0.15) is 17.7 Å². The van der Waals surface area contributed by atoms with E-state index in [4.69, 9.17) is 5.11 Å². The minimum atomic E-state index is -0.864. The summed E-state index contributed by atoms with van der Waals surface area (Å²) >= 11 is 0. The van der Waals surface area contributed by atoms with Gasteiger partial charge in [-0.3, -0.25) is 9.78 Å². The predicted molar refractivity (Wildman–Crippen MR) is 73.0 cm³/mol. The van der Waals surface area contributed by atoms with Crippen molar-refractivity contribution in [1.29, 1.82) is 0 Å². The first-order valence-corrected chi connectivity index (χ1v) is 6.41. The number of carboxylic acids is 1. The van der Waals surface area contributed by atoms with Gasteiger partial charge in [-0.15, -0.1) is 0 Å². The van der Waals surface area contributed by atoms with Crippen LogP contribution in [-0.4, -0.2) is 28.1 Å². The van der Waals surface area contributed by atoms with Crippen LogP contribution in [-0.2, 0) is 11.3 Å². The van der Waals surface area contributed by atoms with Gasteiger partial charge in [0.15, 0.2) is 0 Å². The lowest BCUT2D eigenvalue weighted by Crippen LogP contribution is -2.40. The number of carbonyl (C=O) groups is 2. The number of nitrogens with one attached hydrogen (secondary N) is 2. The van der Waals surface area contributed by atoms with Crippen molar-refractivity contribution in [1.82, 2.24) is 15.6 Å². The first kappa shape index (κ1) is 14.0. The van der Waals surface area contributed by atoms with Crippen molar-refractivity contribution in [2.45, 2.75) is 25.9 Å². The van der Waals surface area contributed by atoms with Crippen LogP contribution >= 0.6 is 0 Å². The van der Waals surface area contributed by atoms with Gasteiger partial charge in [0.1, 0.15) is 0 Å². The Morgan fingerprint density at radius 3 is 2.80 bits per heavy atom. The third-order valence-corrected chi connectivity index (χ3v) is 3.14. The molecule has 1 aromatic heterocycles. The number of amides is 2. The minimum Gasteiger partial charge on any atom is -0.481 e. The fourth-order valence-electron chi connectivity index (χ4n) is 1.99. The summed E-state index contributed by atoms with van der Waals surface area (Å²) in [5, 5.41) is 14.3. The van der Waals surface area contributed by atoms with E-state index in [9.17, 15) is 9.59 Å². The van der Waals surface area contributed by atoms with Crippen LogP contribution in [0.5, 0.6) is 0 Å². The third kappa shape index (κ3) is 3.81. The number of carboxylic acid groups (broad SMARTS) is 1. The molecule has 1 aromatic rings. The van der Waals surface area contributed by atoms with E-state index < -0.39 is 11.9 Å². The van der Waals surface area contributed by atoms with E-state index >= 15 is 0 Å². The van der Waals surface area contributed by atoms with Crippen molar-refractivity contribution in [3.05, 3.63) is 41.7 Å². The van der Waals surface area contributed by atoms with E-state index in [0.29, 0.717) is 13.0 Å². The summed E-state index contributed by atoms with van der Waals surface area (Å²) in [6.07, 6.45) is 5.43. The largest absolute Gasteiger partial charge is 0.481 e. The van der Waals surface area contributed by atoms with Gasteiger partial charge in [-0.25, -0.2) is 4.79 Å². The molecule has 6 heteroatoms. The van der Waals surface area contributed by atoms with Crippen LogP contribution < -0.4 is 10.6 Å². The lowest BCUT2D eigenvalue weighted by Gasteiger charge is -2.13. The fraction of sp³-hybridized carbons (Fsp3) is 0.357. The molecule has 2 unspecified atom stereocenters. The average Bonchev–Trinajstić information content (AvgIpc) is 2.87. The number of carbonyl (C=O) groups excluding carboxylic acids is 1. The van der Waals surface area contributed by atoms with Crippen molar-refractivity contribution in [2.24, 2.45) is 5.92 Å². The van der Waals surface area contributed by atoms with Gasteiger partial charge in [-0.1, -0.05) is 18.2 Å². The van der Waals surface area contributed by atoms with Crippen LogP contribution in [0, 0.1) is 12.8 Å². The quantitative estimate of drug-likeness (QED) is 0.720. The Kier molecular flexibility index (Phi) is 4.34. The Labute approximate surface area is 116 Å². The molecule has 2 amide bonds. The monoisotopic (exact) mass is 275 g/mol. The summed E-state index contributed by atoms with van der Waals surface area (Å²) in [7, 11) is 0. The number of nitrogens with zero attached hydrogens (tertiary/aromatic N) is 1. The Bertz CT molecular complexity index is 525. The number of hydrogen-bond acceptors (Lipinski definition) is 3. The molecule has 0 radical (unpaired) electrons. The highest BCUT2D eigenvalue weighted by Crippen LogP contribution is 2.17. The van der Waals surface area contributed by atoms with Gasteiger partial charge >= 0.3 is 12.0 Å². The van der Waals surface area contributed by atoms with E-state index in [1.54, 1.807) is 18.3 Å². The Morgan fingerprint density at radius 2 is 2.20 bits per heavy atom. The average molecular weight is 275 g/mol. The summed E-state index contributed by atoms with van der Waals surface area (Å²) in [6.45, 7) is 2.28. The van der Waals surface area contributed by atoms with E-state index in [1.165, 1.54) is 0 Å². The van der Waals surface area contributed by atoms with Crippen LogP contribution in [0.2, 0.25) is 0 Å². The molecule has 106 valence electrons. The number of aromatic nitrogens is 1. The normalized spacial score (nSPS) is 20.6. The molecule has 1 heterocycles. The topological polar surface area (TPSA) is 91.3 Å². The van der Waals surface area contributed by atoms with Crippen LogP contribution in [0.4, 0.5) is 4.79 Å². The molecule has 0 aromatic carbocycles. The van der Waals surface area contributed by atoms with Crippen molar-refractivity contribution in [2.75, 3.05) is 0 Å². The van der Waals surface area contributed by atoms with Gasteiger partial charge in [0.2, 0.25) is 0 Å². The number of rotatable bonds is 4. The van der Waals surface area contributed by atoms with Crippen molar-refractivity contribution >= 4 is 12.0 Å². The van der Waals surface area contributed by atoms with Crippen LogP contribution in [0.25, 0.3) is 0 Å². The second-order valence-corrected chi connectivity index (χ2v) is 4.81. The second-order valence-electron chi connectivity index (χ2n) is 4.81. The summed E-state index contributed by atoms with van der Waals surface area (Å²) in [4.78, 5) is 26.6. The molecule has 0 bridgehead atoms. The molecular weight excluding hydrogens is 258 g/mol. The summed E-state index contributed by atoms with van der Waals surface area (Å²) < 4.78 is 0. The molecule has 3 N–H and O–H groups in total. The summed E-state index contributed by atoms with van der Waals surface area (Å²) in [6, 6.07) is 3.24. The molecule has 0 aliphatic heterocycles. The summed E-state index contributed by atoms with van der Waals surface area (Å²) in [5.74, 6) is -1.38. The number of hydrogen-bond donors (Lipinski definition) is 3. The summed E-state index contributed by atoms with van der Waals surface area (Å²) in [5.41, 5.74) is 1.84. The zero-order valence-electron chi connectivity index (χ0n) is 11.2. The molecule has 2 rings (SSSR count). The number of pyridine rings is 1. The van der Waals surface area contributed by atoms with E-state index in [0.717, 1.165) is 11.3 Å². The van der Waals surface area contributed by atoms with Gasteiger partial charge in [0, 0.05) is 18.4 Å². The van der Waals surface area contributed by atoms with Gasteiger partial charge in [-0.05, 0) is 25.0 Å².